The van der Waals surface area contributed by atoms with Crippen molar-refractivity contribution < 1.29 is 4.79 Å². The molecule has 94 valence electrons. The van der Waals surface area contributed by atoms with Crippen LogP contribution in [0.4, 0.5) is 0 Å². The summed E-state index contributed by atoms with van der Waals surface area (Å²) in [6.45, 7) is 0. The van der Waals surface area contributed by atoms with Crippen LogP contribution in [0.3, 0.4) is 0 Å². The second-order valence-electron chi connectivity index (χ2n) is 4.42. The molecule has 0 N–H and O–H groups in total. The molecule has 0 aromatic heterocycles. The first-order chi connectivity index (χ1) is 9.24. The number of ketones is 1. The fourth-order valence-electron chi connectivity index (χ4n) is 2.19. The van der Waals surface area contributed by atoms with Crippen molar-refractivity contribution in [1.29, 1.82) is 0 Å². The summed E-state index contributed by atoms with van der Waals surface area (Å²) in [5, 5.41) is 0. The Morgan fingerprint density at radius 1 is 1.11 bits per heavy atom. The molecule has 19 heavy (non-hydrogen) atoms. The maximum atomic E-state index is 12.2. The van der Waals surface area contributed by atoms with E-state index in [4.69, 9.17) is 0 Å². The normalized spacial score (nSPS) is 24.3. The smallest absolute Gasteiger partial charge is 0.204 e. The lowest BCUT2D eigenvalue weighted by Gasteiger charge is -2.15. The number of carbonyl (C=O) groups excluding carboxylic acids is 1. The SMILES string of the molecule is O=C1C=N/C(Br)=C\C2C=C(N=CC2)c2ccccc21. The summed E-state index contributed by atoms with van der Waals surface area (Å²) in [7, 11) is 0. The standard InChI is InChI=1S/C15H11BrN2O/c16-15-8-10-5-6-17-13(7-10)11-3-1-2-4-12(11)14(19)9-18-15/h1-4,6-10H,5H2/b15-8-,18-9?. The molecule has 2 heterocycles. The van der Waals surface area contributed by atoms with Crippen molar-refractivity contribution in [2.45, 2.75) is 6.42 Å². The second-order valence-corrected chi connectivity index (χ2v) is 5.23. The van der Waals surface area contributed by atoms with Gasteiger partial charge in [-0.05, 0) is 28.4 Å². The van der Waals surface area contributed by atoms with Gasteiger partial charge in [-0.15, -0.1) is 0 Å². The number of hydrogen-bond acceptors (Lipinski definition) is 3. The number of allylic oxidation sites excluding steroid dienone is 2. The van der Waals surface area contributed by atoms with Crippen molar-refractivity contribution >= 4 is 39.8 Å². The van der Waals surface area contributed by atoms with Crippen molar-refractivity contribution in [2.24, 2.45) is 15.9 Å². The van der Waals surface area contributed by atoms with E-state index in [1.165, 1.54) is 6.21 Å². The number of nitrogens with zero attached hydrogens (tertiary/aromatic N) is 2. The summed E-state index contributed by atoms with van der Waals surface area (Å²) in [5.41, 5.74) is 2.36. The van der Waals surface area contributed by atoms with E-state index in [0.717, 1.165) is 17.7 Å². The molecule has 0 fully saturated rings. The Morgan fingerprint density at radius 3 is 2.74 bits per heavy atom. The quantitative estimate of drug-likeness (QED) is 0.674. The average molecular weight is 315 g/mol. The number of carbonyl (C=O) groups is 1. The van der Waals surface area contributed by atoms with Gasteiger partial charge in [-0.3, -0.25) is 9.79 Å². The molecule has 0 radical (unpaired) electrons. The molecule has 0 amide bonds. The van der Waals surface area contributed by atoms with Crippen LogP contribution in [0.2, 0.25) is 0 Å². The molecule has 0 saturated carbocycles. The topological polar surface area (TPSA) is 41.8 Å². The van der Waals surface area contributed by atoms with E-state index in [1.54, 1.807) is 0 Å². The fourth-order valence-corrected chi connectivity index (χ4v) is 2.63. The van der Waals surface area contributed by atoms with Crippen molar-refractivity contribution in [2.75, 3.05) is 0 Å². The molecule has 1 aromatic carbocycles. The molecule has 0 saturated heterocycles. The van der Waals surface area contributed by atoms with Gasteiger partial charge in [-0.2, -0.15) is 0 Å². The van der Waals surface area contributed by atoms with Crippen LogP contribution in [0.25, 0.3) is 5.70 Å². The molecule has 0 spiro atoms. The van der Waals surface area contributed by atoms with E-state index >= 15 is 0 Å². The summed E-state index contributed by atoms with van der Waals surface area (Å²) in [4.78, 5) is 20.7. The molecule has 2 bridgehead atoms. The van der Waals surface area contributed by atoms with E-state index in [-0.39, 0.29) is 11.7 Å². The van der Waals surface area contributed by atoms with Gasteiger partial charge in [-0.25, -0.2) is 4.99 Å². The third-order valence-electron chi connectivity index (χ3n) is 3.11. The number of rotatable bonds is 0. The van der Waals surface area contributed by atoms with Gasteiger partial charge in [-0.1, -0.05) is 30.3 Å². The van der Waals surface area contributed by atoms with Crippen molar-refractivity contribution in [3.05, 3.63) is 52.2 Å². The molecule has 3 rings (SSSR count). The third kappa shape index (κ3) is 2.49. The van der Waals surface area contributed by atoms with Crippen LogP contribution in [0.5, 0.6) is 0 Å². The highest BCUT2D eigenvalue weighted by Crippen LogP contribution is 2.28. The Labute approximate surface area is 119 Å². The Morgan fingerprint density at radius 2 is 1.89 bits per heavy atom. The summed E-state index contributed by atoms with van der Waals surface area (Å²) in [6, 6.07) is 7.50. The minimum Gasteiger partial charge on any atom is -0.288 e. The van der Waals surface area contributed by atoms with Gasteiger partial charge in [0.1, 0.15) is 4.61 Å². The Balaban J connectivity index is 2.21. The highest BCUT2D eigenvalue weighted by Gasteiger charge is 2.17. The minimum atomic E-state index is -0.110. The number of Topliss-reactive ketones (excluding diaryl/α,β-unsaturated/α-hetero) is 1. The molecule has 1 unspecified atom stereocenters. The van der Waals surface area contributed by atoms with Gasteiger partial charge < -0.3 is 0 Å². The Kier molecular flexibility index (Phi) is 3.25. The van der Waals surface area contributed by atoms with E-state index in [2.05, 4.69) is 32.0 Å². The van der Waals surface area contributed by atoms with Crippen molar-refractivity contribution in [3.63, 3.8) is 0 Å². The lowest BCUT2D eigenvalue weighted by molar-refractivity contribution is 0.107. The van der Waals surface area contributed by atoms with Crippen LogP contribution in [0, 0.1) is 5.92 Å². The monoisotopic (exact) mass is 314 g/mol. The number of halogens is 1. The molecule has 2 aliphatic rings. The third-order valence-corrected chi connectivity index (χ3v) is 3.57. The summed E-state index contributed by atoms with van der Waals surface area (Å²) < 4.78 is 0.677. The first-order valence-electron chi connectivity index (χ1n) is 6.03. The Hall–Kier alpha value is -1.81. The zero-order chi connectivity index (χ0) is 13.2. The van der Waals surface area contributed by atoms with Crippen LogP contribution in [-0.4, -0.2) is 18.2 Å². The van der Waals surface area contributed by atoms with Crippen molar-refractivity contribution in [1.82, 2.24) is 0 Å². The summed E-state index contributed by atoms with van der Waals surface area (Å²) in [5.74, 6) is 0.140. The highest BCUT2D eigenvalue weighted by atomic mass is 79.9. The maximum absolute atomic E-state index is 12.2. The molecule has 1 atom stereocenters. The average Bonchev–Trinajstić information content (AvgIpc) is 2.44. The number of hydrogen-bond donors (Lipinski definition) is 0. The van der Waals surface area contributed by atoms with E-state index in [9.17, 15) is 4.79 Å². The molecule has 0 aliphatic carbocycles. The van der Waals surface area contributed by atoms with Gasteiger partial charge in [0.15, 0.2) is 0 Å². The van der Waals surface area contributed by atoms with Gasteiger partial charge in [0, 0.05) is 23.3 Å². The largest absolute Gasteiger partial charge is 0.288 e. The fraction of sp³-hybridized carbons (Fsp3) is 0.133. The molecule has 4 heteroatoms. The zero-order valence-corrected chi connectivity index (χ0v) is 11.7. The zero-order valence-electron chi connectivity index (χ0n) is 10.1. The predicted molar refractivity (Wildman–Crippen MR) is 80.9 cm³/mol. The van der Waals surface area contributed by atoms with Gasteiger partial charge in [0.05, 0.1) is 11.9 Å². The van der Waals surface area contributed by atoms with E-state index in [0.29, 0.717) is 10.2 Å². The van der Waals surface area contributed by atoms with E-state index < -0.39 is 0 Å². The lowest BCUT2D eigenvalue weighted by Crippen LogP contribution is -2.08. The molecule has 2 aliphatic heterocycles. The van der Waals surface area contributed by atoms with Crippen molar-refractivity contribution in [3.8, 4) is 0 Å². The van der Waals surface area contributed by atoms with E-state index in [1.807, 2.05) is 36.6 Å². The molecule has 1 aromatic rings. The maximum Gasteiger partial charge on any atom is 0.204 e. The Bertz CT molecular complexity index is 656. The van der Waals surface area contributed by atoms with Crippen LogP contribution < -0.4 is 0 Å². The first-order valence-corrected chi connectivity index (χ1v) is 6.83. The molecular formula is C15H11BrN2O. The van der Waals surface area contributed by atoms with Gasteiger partial charge >= 0.3 is 0 Å². The molecule has 3 nitrogen and oxygen atoms in total. The molecular weight excluding hydrogens is 304 g/mol. The summed E-state index contributed by atoms with van der Waals surface area (Å²) >= 11 is 3.36. The minimum absolute atomic E-state index is 0.110. The number of benzene rings is 1. The van der Waals surface area contributed by atoms with Gasteiger partial charge in [0.25, 0.3) is 0 Å². The van der Waals surface area contributed by atoms with Gasteiger partial charge in [0.2, 0.25) is 5.78 Å². The highest BCUT2D eigenvalue weighted by molar-refractivity contribution is 9.11. The van der Waals surface area contributed by atoms with Crippen LogP contribution in [-0.2, 0) is 0 Å². The number of fused-ring (bicyclic) bond motifs is 3. The number of aliphatic imine (C=N–C) groups is 2. The predicted octanol–water partition coefficient (Wildman–Crippen LogP) is 3.62. The second kappa shape index (κ2) is 5.05. The van der Waals surface area contributed by atoms with Crippen LogP contribution in [0.1, 0.15) is 22.3 Å². The van der Waals surface area contributed by atoms with Crippen LogP contribution >= 0.6 is 15.9 Å². The lowest BCUT2D eigenvalue weighted by atomic mass is 9.95. The first kappa shape index (κ1) is 12.2. The van der Waals surface area contributed by atoms with Crippen LogP contribution in [0.15, 0.2) is 51.0 Å². The summed E-state index contributed by atoms with van der Waals surface area (Å²) in [6.07, 6.45) is 8.16.